The van der Waals surface area contributed by atoms with Crippen LogP contribution in [-0.2, 0) is 6.54 Å². The van der Waals surface area contributed by atoms with Crippen molar-refractivity contribution in [2.45, 2.75) is 6.54 Å². The highest BCUT2D eigenvalue weighted by atomic mass is 127. The second kappa shape index (κ2) is 5.82. The molecule has 0 amide bonds. The van der Waals surface area contributed by atoms with Crippen molar-refractivity contribution in [1.29, 1.82) is 0 Å². The van der Waals surface area contributed by atoms with Crippen LogP contribution in [-0.4, -0.2) is 0 Å². The lowest BCUT2D eigenvalue weighted by Gasteiger charge is -2.07. The third-order valence-electron chi connectivity index (χ3n) is 2.33. The van der Waals surface area contributed by atoms with Gasteiger partial charge in [-0.15, -0.1) is 0 Å². The molecule has 0 saturated carbocycles. The Morgan fingerprint density at radius 3 is 2.47 bits per heavy atom. The molecule has 88 valence electrons. The van der Waals surface area contributed by atoms with Gasteiger partial charge < -0.3 is 5.32 Å². The number of halogens is 3. The molecule has 0 fully saturated rings. The number of rotatable bonds is 3. The van der Waals surface area contributed by atoms with Crippen molar-refractivity contribution in [3.8, 4) is 0 Å². The SMILES string of the molecule is Fc1ccc(CNc2ccc(Br)c(I)c2)cc1. The van der Waals surface area contributed by atoms with Crippen molar-refractivity contribution in [3.63, 3.8) is 0 Å². The fourth-order valence-electron chi connectivity index (χ4n) is 1.41. The summed E-state index contributed by atoms with van der Waals surface area (Å²) < 4.78 is 15.0. The minimum absolute atomic E-state index is 0.202. The van der Waals surface area contributed by atoms with Gasteiger partial charge in [0.1, 0.15) is 5.82 Å². The van der Waals surface area contributed by atoms with Crippen molar-refractivity contribution in [2.24, 2.45) is 0 Å². The van der Waals surface area contributed by atoms with Gasteiger partial charge in [-0.1, -0.05) is 12.1 Å². The van der Waals surface area contributed by atoms with Crippen LogP contribution < -0.4 is 5.32 Å². The van der Waals surface area contributed by atoms with Crippen LogP contribution in [0.5, 0.6) is 0 Å². The average molecular weight is 406 g/mol. The van der Waals surface area contributed by atoms with Crippen LogP contribution in [0.25, 0.3) is 0 Å². The van der Waals surface area contributed by atoms with E-state index in [1.807, 2.05) is 12.1 Å². The van der Waals surface area contributed by atoms with E-state index >= 15 is 0 Å². The molecule has 2 aromatic carbocycles. The summed E-state index contributed by atoms with van der Waals surface area (Å²) in [5.41, 5.74) is 2.12. The standard InChI is InChI=1S/C13H10BrFIN/c14-12-6-5-11(7-13(12)16)17-8-9-1-3-10(15)4-2-9/h1-7,17H,8H2. The predicted molar refractivity (Wildman–Crippen MR) is 80.6 cm³/mol. The van der Waals surface area contributed by atoms with Gasteiger partial charge in [-0.25, -0.2) is 4.39 Å². The first-order valence-electron chi connectivity index (χ1n) is 5.08. The largest absolute Gasteiger partial charge is 0.381 e. The van der Waals surface area contributed by atoms with Crippen LogP contribution in [0.2, 0.25) is 0 Å². The van der Waals surface area contributed by atoms with E-state index in [1.54, 1.807) is 12.1 Å². The van der Waals surface area contributed by atoms with Gasteiger partial charge in [-0.2, -0.15) is 0 Å². The maximum absolute atomic E-state index is 12.7. The summed E-state index contributed by atoms with van der Waals surface area (Å²) >= 11 is 5.73. The molecule has 1 N–H and O–H groups in total. The molecule has 0 saturated heterocycles. The van der Waals surface area contributed by atoms with E-state index in [9.17, 15) is 4.39 Å². The van der Waals surface area contributed by atoms with Gasteiger partial charge in [0.15, 0.2) is 0 Å². The molecule has 0 spiro atoms. The van der Waals surface area contributed by atoms with Crippen molar-refractivity contribution in [3.05, 3.63) is 61.9 Å². The molecule has 0 unspecified atom stereocenters. The van der Waals surface area contributed by atoms with Crippen molar-refractivity contribution < 1.29 is 4.39 Å². The van der Waals surface area contributed by atoms with E-state index in [2.05, 4.69) is 49.9 Å². The fourth-order valence-corrected chi connectivity index (χ4v) is 2.17. The lowest BCUT2D eigenvalue weighted by atomic mass is 10.2. The van der Waals surface area contributed by atoms with E-state index in [1.165, 1.54) is 12.1 Å². The highest BCUT2D eigenvalue weighted by Crippen LogP contribution is 2.22. The quantitative estimate of drug-likeness (QED) is 0.723. The summed E-state index contributed by atoms with van der Waals surface area (Å²) in [7, 11) is 0. The van der Waals surface area contributed by atoms with Gasteiger partial charge in [-0.05, 0) is 74.4 Å². The van der Waals surface area contributed by atoms with Gasteiger partial charge >= 0.3 is 0 Å². The lowest BCUT2D eigenvalue weighted by molar-refractivity contribution is 0.627. The minimum atomic E-state index is -0.202. The van der Waals surface area contributed by atoms with Crippen molar-refractivity contribution >= 4 is 44.2 Å². The van der Waals surface area contributed by atoms with Crippen LogP contribution in [0, 0.1) is 9.39 Å². The summed E-state index contributed by atoms with van der Waals surface area (Å²) in [4.78, 5) is 0. The topological polar surface area (TPSA) is 12.0 Å². The molecule has 0 heterocycles. The van der Waals surface area contributed by atoms with E-state index in [0.29, 0.717) is 6.54 Å². The Balaban J connectivity index is 2.02. The third kappa shape index (κ3) is 3.67. The van der Waals surface area contributed by atoms with Crippen LogP contribution >= 0.6 is 38.5 Å². The van der Waals surface area contributed by atoms with Crippen LogP contribution in [0.15, 0.2) is 46.9 Å². The maximum atomic E-state index is 12.7. The van der Waals surface area contributed by atoms with Gasteiger partial charge in [0, 0.05) is 20.3 Å². The Bertz CT molecular complexity index is 513. The first-order valence-corrected chi connectivity index (χ1v) is 6.96. The Morgan fingerprint density at radius 1 is 1.12 bits per heavy atom. The molecule has 2 aromatic rings. The van der Waals surface area contributed by atoms with Gasteiger partial charge in [-0.3, -0.25) is 0 Å². The molecule has 0 aliphatic rings. The molecule has 0 atom stereocenters. The van der Waals surface area contributed by atoms with Crippen LogP contribution in [0.4, 0.5) is 10.1 Å². The molecular weight excluding hydrogens is 396 g/mol. The molecule has 4 heteroatoms. The first kappa shape index (κ1) is 12.8. The molecular formula is C13H10BrFIN. The highest BCUT2D eigenvalue weighted by Gasteiger charge is 1.99. The van der Waals surface area contributed by atoms with Gasteiger partial charge in [0.25, 0.3) is 0 Å². The van der Waals surface area contributed by atoms with Gasteiger partial charge in [0.2, 0.25) is 0 Å². The second-order valence-electron chi connectivity index (χ2n) is 3.61. The average Bonchev–Trinajstić information content (AvgIpc) is 2.33. The lowest BCUT2D eigenvalue weighted by Crippen LogP contribution is -1.99. The predicted octanol–water partition coefficient (Wildman–Crippen LogP) is 4.80. The van der Waals surface area contributed by atoms with E-state index in [-0.39, 0.29) is 5.82 Å². The van der Waals surface area contributed by atoms with Crippen molar-refractivity contribution in [1.82, 2.24) is 0 Å². The van der Waals surface area contributed by atoms with E-state index < -0.39 is 0 Å². The van der Waals surface area contributed by atoms with E-state index in [4.69, 9.17) is 0 Å². The summed E-state index contributed by atoms with van der Waals surface area (Å²) in [5, 5.41) is 3.30. The Morgan fingerprint density at radius 2 is 1.82 bits per heavy atom. The summed E-state index contributed by atoms with van der Waals surface area (Å²) in [6.07, 6.45) is 0. The highest BCUT2D eigenvalue weighted by molar-refractivity contribution is 14.1. The maximum Gasteiger partial charge on any atom is 0.123 e. The zero-order valence-corrected chi connectivity index (χ0v) is 12.6. The summed E-state index contributed by atoms with van der Waals surface area (Å²) in [6.45, 7) is 0.692. The monoisotopic (exact) mass is 405 g/mol. The number of nitrogens with one attached hydrogen (secondary N) is 1. The molecule has 0 radical (unpaired) electrons. The number of anilines is 1. The summed E-state index contributed by atoms with van der Waals surface area (Å²) in [6, 6.07) is 12.6. The second-order valence-corrected chi connectivity index (χ2v) is 5.63. The van der Waals surface area contributed by atoms with Crippen LogP contribution in [0.3, 0.4) is 0 Å². The summed E-state index contributed by atoms with van der Waals surface area (Å²) in [5.74, 6) is -0.202. The molecule has 0 aliphatic heterocycles. The van der Waals surface area contributed by atoms with E-state index in [0.717, 1.165) is 19.3 Å². The van der Waals surface area contributed by atoms with Crippen LogP contribution in [0.1, 0.15) is 5.56 Å². The Labute approximate surface area is 122 Å². The third-order valence-corrected chi connectivity index (χ3v) is 4.65. The zero-order chi connectivity index (χ0) is 12.3. The Hall–Kier alpha value is -0.620. The first-order chi connectivity index (χ1) is 8.15. The van der Waals surface area contributed by atoms with Crippen molar-refractivity contribution in [2.75, 3.05) is 5.32 Å². The number of hydrogen-bond donors (Lipinski definition) is 1. The zero-order valence-electron chi connectivity index (χ0n) is 8.88. The Kier molecular flexibility index (Phi) is 4.39. The molecule has 0 bridgehead atoms. The molecule has 17 heavy (non-hydrogen) atoms. The smallest absolute Gasteiger partial charge is 0.123 e. The normalized spacial score (nSPS) is 10.3. The molecule has 1 nitrogen and oxygen atoms in total. The number of benzene rings is 2. The molecule has 2 rings (SSSR count). The number of hydrogen-bond acceptors (Lipinski definition) is 1. The molecule has 0 aliphatic carbocycles. The molecule has 0 aromatic heterocycles. The minimum Gasteiger partial charge on any atom is -0.381 e. The van der Waals surface area contributed by atoms with Gasteiger partial charge in [0.05, 0.1) is 0 Å². The fraction of sp³-hybridized carbons (Fsp3) is 0.0769.